The van der Waals surface area contributed by atoms with Crippen LogP contribution in [0, 0.1) is 6.92 Å². The average Bonchev–Trinajstić information content (AvgIpc) is 3.10. The molecule has 0 spiro atoms. The number of carbonyl (C=O) groups is 1. The molecule has 0 bridgehead atoms. The molecule has 0 saturated carbocycles. The fourth-order valence-corrected chi connectivity index (χ4v) is 4.52. The number of fused-ring (bicyclic) bond motifs is 1. The molecule has 2 N–H and O–H groups in total. The van der Waals surface area contributed by atoms with Crippen LogP contribution in [0.4, 0.5) is 5.95 Å². The number of nitrogen functional groups attached to an aromatic ring is 1. The molecule has 0 aliphatic heterocycles. The third kappa shape index (κ3) is 2.84. The first-order valence-electron chi connectivity index (χ1n) is 8.31. The molecule has 1 unspecified atom stereocenters. The zero-order chi connectivity index (χ0) is 18.3. The Morgan fingerprint density at radius 3 is 2.85 bits per heavy atom. The largest absolute Gasteiger partial charge is 0.481 e. The smallest absolute Gasteiger partial charge is 0.220 e. The van der Waals surface area contributed by atoms with E-state index < -0.39 is 0 Å². The summed E-state index contributed by atoms with van der Waals surface area (Å²) in [5.41, 5.74) is 9.71. The zero-order valence-corrected chi connectivity index (χ0v) is 15.3. The highest BCUT2D eigenvalue weighted by Crippen LogP contribution is 2.40. The summed E-state index contributed by atoms with van der Waals surface area (Å²) in [4.78, 5) is 26.9. The molecular weight excluding hydrogens is 348 g/mol. The summed E-state index contributed by atoms with van der Waals surface area (Å²) in [6.45, 7) is 1.81. The van der Waals surface area contributed by atoms with Gasteiger partial charge in [-0.2, -0.15) is 0 Å². The zero-order valence-electron chi connectivity index (χ0n) is 14.5. The lowest BCUT2D eigenvalue weighted by Gasteiger charge is -2.24. The predicted octanol–water partition coefficient (Wildman–Crippen LogP) is 3.41. The van der Waals surface area contributed by atoms with Crippen LogP contribution in [0.15, 0.2) is 29.6 Å². The Kier molecular flexibility index (Phi) is 4.16. The highest BCUT2D eigenvalue weighted by atomic mass is 32.1. The number of Topliss-reactive ketones (excluding diaryl/α,β-unsaturated/α-hetero) is 1. The second-order valence-electron chi connectivity index (χ2n) is 6.28. The van der Waals surface area contributed by atoms with E-state index in [0.29, 0.717) is 30.0 Å². The van der Waals surface area contributed by atoms with Crippen molar-refractivity contribution in [3.63, 3.8) is 0 Å². The Bertz CT molecular complexity index is 999. The van der Waals surface area contributed by atoms with Crippen LogP contribution in [0.3, 0.4) is 0 Å². The number of nitrogens with two attached hydrogens (primary N) is 1. The van der Waals surface area contributed by atoms with E-state index >= 15 is 0 Å². The van der Waals surface area contributed by atoms with Crippen molar-refractivity contribution in [3.05, 3.63) is 51.5 Å². The van der Waals surface area contributed by atoms with E-state index in [1.807, 2.05) is 36.6 Å². The van der Waals surface area contributed by atoms with E-state index in [-0.39, 0.29) is 17.6 Å². The quantitative estimate of drug-likeness (QED) is 0.764. The molecule has 3 aromatic rings. The van der Waals surface area contributed by atoms with Gasteiger partial charge in [0.2, 0.25) is 11.8 Å². The monoisotopic (exact) mass is 366 g/mol. The molecule has 6 nitrogen and oxygen atoms in total. The fraction of sp³-hybridized carbons (Fsp3) is 0.263. The second kappa shape index (κ2) is 6.49. The first kappa shape index (κ1) is 16.7. The van der Waals surface area contributed by atoms with Crippen LogP contribution >= 0.6 is 11.3 Å². The number of hydrogen-bond acceptors (Lipinski definition) is 7. The Hall–Kier alpha value is -2.80. The van der Waals surface area contributed by atoms with Crippen molar-refractivity contribution in [2.24, 2.45) is 0 Å². The predicted molar refractivity (Wildman–Crippen MR) is 101 cm³/mol. The van der Waals surface area contributed by atoms with Gasteiger partial charge in [0.1, 0.15) is 0 Å². The molecule has 3 heterocycles. The number of carbonyl (C=O) groups excluding carboxylic acids is 1. The number of nitrogens with zero attached hydrogens (tertiary/aromatic N) is 3. The van der Waals surface area contributed by atoms with Crippen molar-refractivity contribution in [1.82, 2.24) is 15.0 Å². The second-order valence-corrected chi connectivity index (χ2v) is 7.23. The van der Waals surface area contributed by atoms with Gasteiger partial charge >= 0.3 is 0 Å². The number of ketones is 1. The van der Waals surface area contributed by atoms with Crippen LogP contribution in [0.25, 0.3) is 11.3 Å². The molecule has 1 aliphatic carbocycles. The van der Waals surface area contributed by atoms with E-state index in [4.69, 9.17) is 10.5 Å². The van der Waals surface area contributed by atoms with Gasteiger partial charge < -0.3 is 10.5 Å². The minimum Gasteiger partial charge on any atom is -0.481 e. The Morgan fingerprint density at radius 1 is 1.19 bits per heavy atom. The first-order chi connectivity index (χ1) is 12.6. The molecule has 0 saturated heterocycles. The van der Waals surface area contributed by atoms with E-state index in [1.54, 1.807) is 18.4 Å². The van der Waals surface area contributed by atoms with Crippen LogP contribution < -0.4 is 10.5 Å². The summed E-state index contributed by atoms with van der Waals surface area (Å²) in [5.74, 6) is 0.926. The van der Waals surface area contributed by atoms with E-state index in [0.717, 1.165) is 21.8 Å². The molecular formula is C19H18N4O2S. The number of pyridine rings is 1. The first-order valence-corrected chi connectivity index (χ1v) is 9.19. The van der Waals surface area contributed by atoms with Gasteiger partial charge in [0.25, 0.3) is 0 Å². The highest BCUT2D eigenvalue weighted by Gasteiger charge is 2.31. The molecule has 0 aromatic carbocycles. The van der Waals surface area contributed by atoms with Gasteiger partial charge in [-0.3, -0.25) is 4.79 Å². The lowest BCUT2D eigenvalue weighted by Crippen LogP contribution is -2.22. The summed E-state index contributed by atoms with van der Waals surface area (Å²) in [5, 5.41) is 2.03. The maximum Gasteiger partial charge on any atom is 0.220 e. The van der Waals surface area contributed by atoms with Gasteiger partial charge in [-0.1, -0.05) is 6.07 Å². The van der Waals surface area contributed by atoms with E-state index in [1.165, 1.54) is 0 Å². The van der Waals surface area contributed by atoms with Crippen LogP contribution in [0.1, 0.15) is 39.0 Å². The molecule has 0 radical (unpaired) electrons. The van der Waals surface area contributed by atoms with E-state index in [2.05, 4.69) is 15.0 Å². The number of rotatable bonds is 3. The van der Waals surface area contributed by atoms with Gasteiger partial charge in [-0.25, -0.2) is 15.0 Å². The molecule has 4 rings (SSSR count). The molecule has 26 heavy (non-hydrogen) atoms. The van der Waals surface area contributed by atoms with Crippen molar-refractivity contribution < 1.29 is 9.53 Å². The Morgan fingerprint density at radius 2 is 2.04 bits per heavy atom. The molecule has 0 amide bonds. The highest BCUT2D eigenvalue weighted by molar-refractivity contribution is 7.10. The van der Waals surface area contributed by atoms with Gasteiger partial charge in [-0.05, 0) is 30.9 Å². The van der Waals surface area contributed by atoms with Crippen molar-refractivity contribution in [2.45, 2.75) is 25.7 Å². The number of aryl methyl sites for hydroxylation is 1. The molecule has 7 heteroatoms. The number of thiophene rings is 1. The Balaban J connectivity index is 1.74. The standard InChI is InChI=1S/C19H18N4O2S/c1-10-17-14(23-19(20)21-10)8-11(9-15(17)24)18-12(6-7-26-18)13-4-3-5-16(22-13)25-2/h3-7,11H,8-9H2,1-2H3,(H2,20,21,23). The van der Waals surface area contributed by atoms with E-state index in [9.17, 15) is 4.79 Å². The van der Waals surface area contributed by atoms with Crippen molar-refractivity contribution in [1.29, 1.82) is 0 Å². The number of anilines is 1. The van der Waals surface area contributed by atoms with Crippen molar-refractivity contribution in [3.8, 4) is 17.1 Å². The third-order valence-corrected chi connectivity index (χ3v) is 5.69. The van der Waals surface area contributed by atoms with Crippen LogP contribution in [0.5, 0.6) is 5.88 Å². The maximum absolute atomic E-state index is 12.7. The minimum atomic E-state index is 0.0618. The SMILES string of the molecule is COc1cccc(-c2ccsc2C2CC(=O)c3c(C)nc(N)nc3C2)n1. The molecule has 1 atom stereocenters. The summed E-state index contributed by atoms with van der Waals surface area (Å²) in [6, 6.07) is 7.73. The number of ether oxygens (including phenoxy) is 1. The summed E-state index contributed by atoms with van der Waals surface area (Å²) < 4.78 is 5.24. The molecule has 3 aromatic heterocycles. The fourth-order valence-electron chi connectivity index (χ4n) is 3.51. The number of hydrogen-bond donors (Lipinski definition) is 1. The van der Waals surface area contributed by atoms with Gasteiger partial charge in [0, 0.05) is 28.8 Å². The average molecular weight is 366 g/mol. The normalized spacial score (nSPS) is 16.4. The molecule has 1 aliphatic rings. The summed E-state index contributed by atoms with van der Waals surface area (Å²) >= 11 is 1.64. The molecule has 132 valence electrons. The summed E-state index contributed by atoms with van der Waals surface area (Å²) in [7, 11) is 1.60. The number of aromatic nitrogens is 3. The third-order valence-electron chi connectivity index (χ3n) is 4.61. The van der Waals surface area contributed by atoms with Crippen LogP contribution in [-0.2, 0) is 6.42 Å². The lowest BCUT2D eigenvalue weighted by atomic mass is 9.83. The topological polar surface area (TPSA) is 91.0 Å². The van der Waals surface area contributed by atoms with Gasteiger partial charge in [0.05, 0.1) is 29.8 Å². The van der Waals surface area contributed by atoms with Crippen LogP contribution in [0.2, 0.25) is 0 Å². The Labute approximate surface area is 155 Å². The molecule has 0 fully saturated rings. The van der Waals surface area contributed by atoms with Crippen LogP contribution in [-0.4, -0.2) is 27.8 Å². The van der Waals surface area contributed by atoms with Crippen molar-refractivity contribution in [2.75, 3.05) is 12.8 Å². The maximum atomic E-state index is 12.7. The lowest BCUT2D eigenvalue weighted by molar-refractivity contribution is 0.0962. The summed E-state index contributed by atoms with van der Waals surface area (Å²) in [6.07, 6.45) is 1.12. The van der Waals surface area contributed by atoms with Gasteiger partial charge in [-0.15, -0.1) is 11.3 Å². The van der Waals surface area contributed by atoms with Crippen molar-refractivity contribution >= 4 is 23.1 Å². The van der Waals surface area contributed by atoms with Gasteiger partial charge in [0.15, 0.2) is 5.78 Å². The number of methoxy groups -OCH3 is 1. The minimum absolute atomic E-state index is 0.0618.